The van der Waals surface area contributed by atoms with Gasteiger partial charge in [-0.1, -0.05) is 66.2 Å². The van der Waals surface area contributed by atoms with Gasteiger partial charge in [0.05, 0.1) is 4.92 Å². The Bertz CT molecular complexity index is 1130. The summed E-state index contributed by atoms with van der Waals surface area (Å²) in [5, 5.41) is 11.5. The molecule has 182 valence electrons. The number of benzene rings is 3. The summed E-state index contributed by atoms with van der Waals surface area (Å²) >= 11 is 0. The molecule has 0 amide bonds. The molecule has 2 aliphatic rings. The van der Waals surface area contributed by atoms with Crippen molar-refractivity contribution in [2.45, 2.75) is 19.4 Å². The van der Waals surface area contributed by atoms with Gasteiger partial charge in [0.25, 0.3) is 5.69 Å². The standard InChI is InChI=1S/C29H34N4O2/c1-23-11-13-24(14-12-23)28-22-31(19-25-7-5-6-10-29(25)33(34)35)21-26(28)20-30-15-17-32(18-16-30)27-8-3-2-4-9-27/h2-14,26,28H,15-22H2,1H3/t26-,28-/m1/s1. The van der Waals surface area contributed by atoms with Crippen molar-refractivity contribution in [1.29, 1.82) is 0 Å². The fourth-order valence-corrected chi connectivity index (χ4v) is 5.69. The molecular formula is C29H34N4O2. The summed E-state index contributed by atoms with van der Waals surface area (Å²) in [7, 11) is 0. The topological polar surface area (TPSA) is 52.9 Å². The van der Waals surface area contributed by atoms with Gasteiger partial charge in [-0.2, -0.15) is 0 Å². The molecule has 0 bridgehead atoms. The third kappa shape index (κ3) is 5.55. The average Bonchev–Trinajstić information content (AvgIpc) is 3.27. The summed E-state index contributed by atoms with van der Waals surface area (Å²) in [6.45, 7) is 9.94. The van der Waals surface area contributed by atoms with E-state index in [2.05, 4.69) is 76.2 Å². The first-order valence-electron chi connectivity index (χ1n) is 12.6. The van der Waals surface area contributed by atoms with E-state index in [0.717, 1.165) is 51.4 Å². The zero-order valence-corrected chi connectivity index (χ0v) is 20.4. The maximum Gasteiger partial charge on any atom is 0.273 e. The quantitative estimate of drug-likeness (QED) is 0.362. The molecule has 0 unspecified atom stereocenters. The van der Waals surface area contributed by atoms with Crippen LogP contribution in [-0.4, -0.2) is 60.5 Å². The van der Waals surface area contributed by atoms with Crippen molar-refractivity contribution in [2.24, 2.45) is 5.92 Å². The molecule has 0 spiro atoms. The van der Waals surface area contributed by atoms with Gasteiger partial charge in [-0.15, -0.1) is 0 Å². The molecule has 0 saturated carbocycles. The Balaban J connectivity index is 1.28. The number of nitro benzene ring substituents is 1. The molecule has 2 saturated heterocycles. The van der Waals surface area contributed by atoms with E-state index in [4.69, 9.17) is 0 Å². The highest BCUT2D eigenvalue weighted by Crippen LogP contribution is 2.35. The number of nitro groups is 1. The molecule has 0 aromatic heterocycles. The lowest BCUT2D eigenvalue weighted by Gasteiger charge is -2.38. The van der Waals surface area contributed by atoms with Crippen molar-refractivity contribution in [3.63, 3.8) is 0 Å². The van der Waals surface area contributed by atoms with Crippen molar-refractivity contribution in [3.05, 3.63) is 106 Å². The minimum atomic E-state index is -0.257. The second-order valence-electron chi connectivity index (χ2n) is 9.98. The summed E-state index contributed by atoms with van der Waals surface area (Å²) in [5.41, 5.74) is 4.99. The Morgan fingerprint density at radius 3 is 2.23 bits per heavy atom. The number of likely N-dealkylation sites (tertiary alicyclic amines) is 1. The zero-order chi connectivity index (χ0) is 24.2. The number of anilines is 1. The van der Waals surface area contributed by atoms with E-state index in [9.17, 15) is 10.1 Å². The normalized spacial score (nSPS) is 21.3. The molecular weight excluding hydrogens is 436 g/mol. The van der Waals surface area contributed by atoms with E-state index in [1.807, 2.05) is 12.1 Å². The SMILES string of the molecule is Cc1ccc([C@H]2CN(Cc3ccccc3[N+](=O)[O-])C[C@H]2CN2CCN(c3ccccc3)CC2)cc1. The first kappa shape index (κ1) is 23.5. The lowest BCUT2D eigenvalue weighted by atomic mass is 9.88. The maximum absolute atomic E-state index is 11.5. The first-order valence-corrected chi connectivity index (χ1v) is 12.6. The van der Waals surface area contributed by atoms with Crippen molar-refractivity contribution in [3.8, 4) is 0 Å². The van der Waals surface area contributed by atoms with E-state index in [1.165, 1.54) is 16.8 Å². The Kier molecular flexibility index (Phi) is 7.11. The van der Waals surface area contributed by atoms with Crippen LogP contribution in [0, 0.1) is 23.0 Å². The molecule has 2 fully saturated rings. The zero-order valence-electron chi connectivity index (χ0n) is 20.4. The van der Waals surface area contributed by atoms with Gasteiger partial charge in [0.1, 0.15) is 0 Å². The van der Waals surface area contributed by atoms with Crippen LogP contribution in [0.3, 0.4) is 0 Å². The highest BCUT2D eigenvalue weighted by Gasteiger charge is 2.36. The van der Waals surface area contributed by atoms with Crippen LogP contribution in [0.5, 0.6) is 0 Å². The largest absolute Gasteiger partial charge is 0.369 e. The third-order valence-electron chi connectivity index (χ3n) is 7.59. The number of hydrogen-bond acceptors (Lipinski definition) is 5. The first-order chi connectivity index (χ1) is 17.1. The van der Waals surface area contributed by atoms with Crippen LogP contribution in [0.15, 0.2) is 78.9 Å². The van der Waals surface area contributed by atoms with Gasteiger partial charge in [0, 0.05) is 75.6 Å². The van der Waals surface area contributed by atoms with Gasteiger partial charge in [-0.3, -0.25) is 19.9 Å². The maximum atomic E-state index is 11.5. The third-order valence-corrected chi connectivity index (χ3v) is 7.59. The van der Waals surface area contributed by atoms with Crippen LogP contribution in [0.4, 0.5) is 11.4 Å². The number of para-hydroxylation sites is 2. The molecule has 0 aliphatic carbocycles. The predicted molar refractivity (Wildman–Crippen MR) is 141 cm³/mol. The van der Waals surface area contributed by atoms with E-state index >= 15 is 0 Å². The van der Waals surface area contributed by atoms with Crippen LogP contribution in [0.1, 0.15) is 22.6 Å². The summed E-state index contributed by atoms with van der Waals surface area (Å²) in [6, 6.07) is 26.8. The fraction of sp³-hybridized carbons (Fsp3) is 0.379. The van der Waals surface area contributed by atoms with Gasteiger partial charge in [-0.05, 0) is 30.5 Å². The van der Waals surface area contributed by atoms with Gasteiger partial charge in [0.2, 0.25) is 0 Å². The Morgan fingerprint density at radius 1 is 0.829 bits per heavy atom. The molecule has 6 heteroatoms. The fourth-order valence-electron chi connectivity index (χ4n) is 5.69. The predicted octanol–water partition coefficient (Wildman–Crippen LogP) is 4.94. The minimum Gasteiger partial charge on any atom is -0.369 e. The molecule has 35 heavy (non-hydrogen) atoms. The van der Waals surface area contributed by atoms with Crippen molar-refractivity contribution >= 4 is 11.4 Å². The Labute approximate surface area is 207 Å². The molecule has 6 nitrogen and oxygen atoms in total. The van der Waals surface area contributed by atoms with Crippen molar-refractivity contribution < 1.29 is 4.92 Å². The molecule has 3 aromatic rings. The van der Waals surface area contributed by atoms with Gasteiger partial charge < -0.3 is 4.90 Å². The highest BCUT2D eigenvalue weighted by molar-refractivity contribution is 5.46. The van der Waals surface area contributed by atoms with Gasteiger partial charge in [0.15, 0.2) is 0 Å². The number of rotatable bonds is 7. The summed E-state index contributed by atoms with van der Waals surface area (Å²) in [5.74, 6) is 0.939. The van der Waals surface area contributed by atoms with E-state index in [-0.39, 0.29) is 10.6 Å². The number of piperazine rings is 1. The molecule has 5 rings (SSSR count). The summed E-state index contributed by atoms with van der Waals surface area (Å²) < 4.78 is 0. The smallest absolute Gasteiger partial charge is 0.273 e. The van der Waals surface area contributed by atoms with E-state index < -0.39 is 0 Å². The van der Waals surface area contributed by atoms with E-state index in [0.29, 0.717) is 18.4 Å². The molecule has 3 aromatic carbocycles. The van der Waals surface area contributed by atoms with Gasteiger partial charge in [-0.25, -0.2) is 0 Å². The number of nitrogens with zero attached hydrogens (tertiary/aromatic N) is 4. The van der Waals surface area contributed by atoms with Crippen LogP contribution >= 0.6 is 0 Å². The monoisotopic (exact) mass is 470 g/mol. The average molecular weight is 471 g/mol. The molecule has 0 radical (unpaired) electrons. The minimum absolute atomic E-state index is 0.222. The highest BCUT2D eigenvalue weighted by atomic mass is 16.6. The summed E-state index contributed by atoms with van der Waals surface area (Å²) in [4.78, 5) is 18.8. The van der Waals surface area contributed by atoms with Crippen LogP contribution in [0.25, 0.3) is 0 Å². The molecule has 0 N–H and O–H groups in total. The van der Waals surface area contributed by atoms with Gasteiger partial charge >= 0.3 is 0 Å². The van der Waals surface area contributed by atoms with E-state index in [1.54, 1.807) is 12.1 Å². The molecule has 2 heterocycles. The second-order valence-corrected chi connectivity index (χ2v) is 9.98. The van der Waals surface area contributed by atoms with Crippen molar-refractivity contribution in [2.75, 3.05) is 50.7 Å². The number of hydrogen-bond donors (Lipinski definition) is 0. The number of aryl methyl sites for hydroxylation is 1. The summed E-state index contributed by atoms with van der Waals surface area (Å²) in [6.07, 6.45) is 0. The van der Waals surface area contributed by atoms with Crippen molar-refractivity contribution in [1.82, 2.24) is 9.80 Å². The van der Waals surface area contributed by atoms with Crippen LogP contribution < -0.4 is 4.90 Å². The molecule has 2 atom stereocenters. The van der Waals surface area contributed by atoms with Crippen LogP contribution in [-0.2, 0) is 6.54 Å². The molecule has 2 aliphatic heterocycles. The Morgan fingerprint density at radius 2 is 1.51 bits per heavy atom. The van der Waals surface area contributed by atoms with Crippen LogP contribution in [0.2, 0.25) is 0 Å². The second kappa shape index (κ2) is 10.6. The Hall–Kier alpha value is -3.22. The lowest BCUT2D eigenvalue weighted by Crippen LogP contribution is -2.48. The lowest BCUT2D eigenvalue weighted by molar-refractivity contribution is -0.385.